The number of hydrogen-bond acceptors (Lipinski definition) is 2. The zero-order valence-corrected chi connectivity index (χ0v) is 15.5. The minimum absolute atomic E-state index is 0.0367. The maximum Gasteiger partial charge on any atom is 0.243 e. The molecule has 23 heavy (non-hydrogen) atoms. The minimum Gasteiger partial charge on any atom is -0.350 e. The molecule has 0 aliphatic rings. The molecule has 2 N–H and O–H groups in total. The molecular formula is C17H24BrFN2O2. The fourth-order valence-electron chi connectivity index (χ4n) is 2.15. The highest BCUT2D eigenvalue weighted by Crippen LogP contribution is 2.15. The molecule has 0 bridgehead atoms. The molecule has 0 aliphatic heterocycles. The first kappa shape index (κ1) is 19.6. The van der Waals surface area contributed by atoms with Crippen molar-refractivity contribution in [1.29, 1.82) is 0 Å². The van der Waals surface area contributed by atoms with E-state index in [1.165, 1.54) is 12.1 Å². The summed E-state index contributed by atoms with van der Waals surface area (Å²) < 4.78 is 14.0. The van der Waals surface area contributed by atoms with Gasteiger partial charge in [0.1, 0.15) is 11.9 Å². The van der Waals surface area contributed by atoms with E-state index in [2.05, 4.69) is 26.6 Å². The number of halogens is 2. The number of benzene rings is 1. The fourth-order valence-corrected chi connectivity index (χ4v) is 2.66. The Bertz CT molecular complexity index is 541. The molecule has 0 radical (unpaired) electrons. The van der Waals surface area contributed by atoms with Gasteiger partial charge in [-0.15, -0.1) is 0 Å². The van der Waals surface area contributed by atoms with Crippen LogP contribution in [0.4, 0.5) is 4.39 Å². The molecule has 0 spiro atoms. The summed E-state index contributed by atoms with van der Waals surface area (Å²) in [6.07, 6.45) is 0.382. The zero-order chi connectivity index (χ0) is 17.6. The first-order valence-corrected chi connectivity index (χ1v) is 8.50. The molecule has 1 unspecified atom stereocenters. The zero-order valence-electron chi connectivity index (χ0n) is 14.0. The van der Waals surface area contributed by atoms with Gasteiger partial charge < -0.3 is 10.6 Å². The molecule has 4 nitrogen and oxygen atoms in total. The number of hydrogen-bond donors (Lipinski definition) is 2. The molecule has 0 fully saturated rings. The second-order valence-corrected chi connectivity index (χ2v) is 7.30. The Kier molecular flexibility index (Phi) is 7.68. The summed E-state index contributed by atoms with van der Waals surface area (Å²) in [6, 6.07) is 3.87. The van der Waals surface area contributed by atoms with Gasteiger partial charge >= 0.3 is 0 Å². The van der Waals surface area contributed by atoms with Crippen LogP contribution in [0.5, 0.6) is 0 Å². The molecule has 128 valence electrons. The second-order valence-electron chi connectivity index (χ2n) is 6.38. The molecule has 0 saturated carbocycles. The highest BCUT2D eigenvalue weighted by atomic mass is 79.9. The van der Waals surface area contributed by atoms with Crippen molar-refractivity contribution in [1.82, 2.24) is 10.6 Å². The third-order valence-electron chi connectivity index (χ3n) is 3.25. The average molecular weight is 387 g/mol. The van der Waals surface area contributed by atoms with Crippen LogP contribution >= 0.6 is 15.9 Å². The van der Waals surface area contributed by atoms with Gasteiger partial charge in [-0.05, 0) is 35.6 Å². The molecule has 6 heteroatoms. The van der Waals surface area contributed by atoms with Gasteiger partial charge in [0, 0.05) is 17.4 Å². The van der Waals surface area contributed by atoms with E-state index >= 15 is 0 Å². The summed E-state index contributed by atoms with van der Waals surface area (Å²) in [7, 11) is 0. The van der Waals surface area contributed by atoms with Crippen LogP contribution in [0.3, 0.4) is 0 Å². The van der Waals surface area contributed by atoms with E-state index < -0.39 is 6.04 Å². The largest absolute Gasteiger partial charge is 0.350 e. The van der Waals surface area contributed by atoms with Crippen molar-refractivity contribution in [2.24, 2.45) is 11.8 Å². The Labute approximate surface area is 145 Å². The predicted molar refractivity (Wildman–Crippen MR) is 92.2 cm³/mol. The number of carbonyl (C=O) groups excluding carboxylic acids is 2. The van der Waals surface area contributed by atoms with Crippen LogP contribution < -0.4 is 10.6 Å². The highest BCUT2D eigenvalue weighted by Gasteiger charge is 2.24. The molecular weight excluding hydrogens is 363 g/mol. The summed E-state index contributed by atoms with van der Waals surface area (Å²) in [4.78, 5) is 24.2. The lowest BCUT2D eigenvalue weighted by Gasteiger charge is -2.22. The summed E-state index contributed by atoms with van der Waals surface area (Å²) in [5, 5.41) is 5.52. The van der Waals surface area contributed by atoms with Crippen LogP contribution in [0, 0.1) is 17.7 Å². The lowest BCUT2D eigenvalue weighted by atomic mass is 10.0. The normalized spacial score (nSPS) is 12.3. The van der Waals surface area contributed by atoms with E-state index in [0.29, 0.717) is 16.5 Å². The third kappa shape index (κ3) is 7.12. The Morgan fingerprint density at radius 2 is 1.83 bits per heavy atom. The van der Waals surface area contributed by atoms with Gasteiger partial charge in [0.2, 0.25) is 11.8 Å². The molecule has 1 atom stereocenters. The Morgan fingerprint density at radius 1 is 1.17 bits per heavy atom. The van der Waals surface area contributed by atoms with Crippen molar-refractivity contribution in [3.63, 3.8) is 0 Å². The quantitative estimate of drug-likeness (QED) is 0.754. The van der Waals surface area contributed by atoms with E-state index in [1.807, 2.05) is 27.7 Å². The Hall–Kier alpha value is -1.43. The van der Waals surface area contributed by atoms with Gasteiger partial charge in [0.05, 0.1) is 0 Å². The van der Waals surface area contributed by atoms with Crippen molar-refractivity contribution < 1.29 is 14.0 Å². The Balaban J connectivity index is 2.65. The highest BCUT2D eigenvalue weighted by molar-refractivity contribution is 9.10. The lowest BCUT2D eigenvalue weighted by molar-refractivity contribution is -0.130. The van der Waals surface area contributed by atoms with E-state index in [1.54, 1.807) is 6.07 Å². The molecule has 0 aromatic heterocycles. The van der Waals surface area contributed by atoms with Crippen LogP contribution in [0.1, 0.15) is 39.7 Å². The molecule has 0 saturated heterocycles. The molecule has 1 rings (SSSR count). The van der Waals surface area contributed by atoms with Crippen LogP contribution in [0.2, 0.25) is 0 Å². The molecule has 1 aromatic rings. The summed E-state index contributed by atoms with van der Waals surface area (Å²) in [5.74, 6) is -0.574. The van der Waals surface area contributed by atoms with Gasteiger partial charge in [0.25, 0.3) is 0 Å². The molecule has 0 heterocycles. The van der Waals surface area contributed by atoms with Crippen LogP contribution in [0.25, 0.3) is 0 Å². The smallest absolute Gasteiger partial charge is 0.243 e. The van der Waals surface area contributed by atoms with Gasteiger partial charge in [-0.25, -0.2) is 4.39 Å². The summed E-state index contributed by atoms with van der Waals surface area (Å²) >= 11 is 3.22. The van der Waals surface area contributed by atoms with Crippen molar-refractivity contribution in [2.45, 2.75) is 46.7 Å². The van der Waals surface area contributed by atoms with Crippen LogP contribution in [0.15, 0.2) is 22.7 Å². The van der Waals surface area contributed by atoms with E-state index in [4.69, 9.17) is 0 Å². The standard InChI is InChI=1S/C17H24BrFN2O2/c1-10(2)5-15(22)21-16(11(3)4)17(23)20-9-12-6-13(18)8-14(19)7-12/h6-8,10-11,16H,5,9H2,1-4H3,(H,20,23)(H,21,22). The molecule has 2 amide bonds. The van der Waals surface area contributed by atoms with Gasteiger partial charge in [-0.1, -0.05) is 43.6 Å². The van der Waals surface area contributed by atoms with Gasteiger partial charge in [-0.3, -0.25) is 9.59 Å². The van der Waals surface area contributed by atoms with Crippen molar-refractivity contribution in [2.75, 3.05) is 0 Å². The first-order valence-electron chi connectivity index (χ1n) is 7.71. The van der Waals surface area contributed by atoms with Gasteiger partial charge in [-0.2, -0.15) is 0 Å². The van der Waals surface area contributed by atoms with E-state index in [9.17, 15) is 14.0 Å². The van der Waals surface area contributed by atoms with E-state index in [-0.39, 0.29) is 36.0 Å². The molecule has 0 aliphatic carbocycles. The molecule has 1 aromatic carbocycles. The maximum atomic E-state index is 13.3. The monoisotopic (exact) mass is 386 g/mol. The van der Waals surface area contributed by atoms with Crippen molar-refractivity contribution in [3.8, 4) is 0 Å². The van der Waals surface area contributed by atoms with Crippen LogP contribution in [-0.2, 0) is 16.1 Å². The van der Waals surface area contributed by atoms with Gasteiger partial charge in [0.15, 0.2) is 0 Å². The van der Waals surface area contributed by atoms with Crippen molar-refractivity contribution >= 4 is 27.7 Å². The number of amides is 2. The average Bonchev–Trinajstić information content (AvgIpc) is 2.40. The topological polar surface area (TPSA) is 58.2 Å². The second kappa shape index (κ2) is 9.01. The summed E-state index contributed by atoms with van der Waals surface area (Å²) in [5.41, 5.74) is 0.654. The lowest BCUT2D eigenvalue weighted by Crippen LogP contribution is -2.49. The minimum atomic E-state index is -0.599. The number of rotatable bonds is 7. The predicted octanol–water partition coefficient (Wildman–Crippen LogP) is 3.39. The van der Waals surface area contributed by atoms with Crippen LogP contribution in [-0.4, -0.2) is 17.9 Å². The fraction of sp³-hybridized carbons (Fsp3) is 0.529. The Morgan fingerprint density at radius 3 is 2.35 bits per heavy atom. The number of nitrogens with one attached hydrogen (secondary N) is 2. The van der Waals surface area contributed by atoms with E-state index in [0.717, 1.165) is 0 Å². The maximum absolute atomic E-state index is 13.3. The first-order chi connectivity index (χ1) is 10.7. The summed E-state index contributed by atoms with van der Waals surface area (Å²) in [6.45, 7) is 7.85. The SMILES string of the molecule is CC(C)CC(=O)NC(C(=O)NCc1cc(F)cc(Br)c1)C(C)C. The number of carbonyl (C=O) groups is 2. The third-order valence-corrected chi connectivity index (χ3v) is 3.71. The van der Waals surface area contributed by atoms with Crippen molar-refractivity contribution in [3.05, 3.63) is 34.1 Å².